The van der Waals surface area contributed by atoms with E-state index in [0.717, 1.165) is 0 Å². The van der Waals surface area contributed by atoms with Crippen molar-refractivity contribution in [1.29, 1.82) is 0 Å². The summed E-state index contributed by atoms with van der Waals surface area (Å²) in [5.74, 6) is -1.29. The van der Waals surface area contributed by atoms with E-state index in [-0.39, 0.29) is 24.8 Å². The van der Waals surface area contributed by atoms with Gasteiger partial charge in [0.1, 0.15) is 0 Å². The number of piperidine rings is 1. The first-order valence-corrected chi connectivity index (χ1v) is 5.65. The van der Waals surface area contributed by atoms with Crippen molar-refractivity contribution in [2.75, 3.05) is 13.1 Å². The molecule has 1 saturated heterocycles. The standard InChI is InChI=1S/C11H18F3NO/c1-8(2)6-10(16)15-5-3-4-9(7-15)11(12,13)14/h8-9H,3-7H2,1-2H3/t9-/m1/s1. The topological polar surface area (TPSA) is 20.3 Å². The van der Waals surface area contributed by atoms with E-state index < -0.39 is 12.1 Å². The Labute approximate surface area is 93.8 Å². The van der Waals surface area contributed by atoms with E-state index in [0.29, 0.717) is 19.4 Å². The minimum absolute atomic E-state index is 0.148. The molecule has 0 spiro atoms. The fraction of sp³-hybridized carbons (Fsp3) is 0.909. The third-order valence-corrected chi connectivity index (χ3v) is 2.82. The van der Waals surface area contributed by atoms with Gasteiger partial charge in [-0.25, -0.2) is 0 Å². The molecule has 1 fully saturated rings. The second-order valence-corrected chi connectivity index (χ2v) is 4.82. The highest BCUT2D eigenvalue weighted by Gasteiger charge is 2.42. The molecule has 5 heteroatoms. The molecule has 0 N–H and O–H groups in total. The molecule has 94 valence electrons. The van der Waals surface area contributed by atoms with Crippen molar-refractivity contribution in [2.45, 2.75) is 39.3 Å². The number of halogens is 3. The number of likely N-dealkylation sites (tertiary alicyclic amines) is 1. The van der Waals surface area contributed by atoms with Gasteiger partial charge in [-0.1, -0.05) is 13.8 Å². The summed E-state index contributed by atoms with van der Waals surface area (Å²) < 4.78 is 37.5. The number of alkyl halides is 3. The largest absolute Gasteiger partial charge is 0.393 e. The van der Waals surface area contributed by atoms with E-state index in [1.165, 1.54) is 4.90 Å². The Morgan fingerprint density at radius 3 is 2.56 bits per heavy atom. The second kappa shape index (κ2) is 5.06. The quantitative estimate of drug-likeness (QED) is 0.723. The van der Waals surface area contributed by atoms with Gasteiger partial charge in [0.25, 0.3) is 0 Å². The minimum atomic E-state index is -4.17. The summed E-state index contributed by atoms with van der Waals surface area (Å²) >= 11 is 0. The van der Waals surface area contributed by atoms with Crippen LogP contribution in [0.2, 0.25) is 0 Å². The van der Waals surface area contributed by atoms with Gasteiger partial charge in [0.15, 0.2) is 0 Å². The van der Waals surface area contributed by atoms with E-state index in [2.05, 4.69) is 0 Å². The fourth-order valence-corrected chi connectivity index (χ4v) is 1.95. The van der Waals surface area contributed by atoms with E-state index in [1.807, 2.05) is 13.8 Å². The van der Waals surface area contributed by atoms with Crippen molar-refractivity contribution < 1.29 is 18.0 Å². The molecule has 1 aliphatic heterocycles. The molecule has 2 nitrogen and oxygen atoms in total. The Balaban J connectivity index is 2.54. The average molecular weight is 237 g/mol. The van der Waals surface area contributed by atoms with Crippen molar-refractivity contribution >= 4 is 5.91 Å². The molecule has 0 aromatic heterocycles. The summed E-state index contributed by atoms with van der Waals surface area (Å²) in [7, 11) is 0. The van der Waals surface area contributed by atoms with Crippen molar-refractivity contribution in [1.82, 2.24) is 4.90 Å². The molecule has 1 aliphatic rings. The molecule has 1 atom stereocenters. The first-order chi connectivity index (χ1) is 7.30. The lowest BCUT2D eigenvalue weighted by Gasteiger charge is -2.34. The maximum absolute atomic E-state index is 12.5. The molecular weight excluding hydrogens is 219 g/mol. The molecule has 0 radical (unpaired) electrons. The van der Waals surface area contributed by atoms with Crippen LogP contribution in [0.4, 0.5) is 13.2 Å². The monoisotopic (exact) mass is 237 g/mol. The number of nitrogens with zero attached hydrogens (tertiary/aromatic N) is 1. The third kappa shape index (κ3) is 3.68. The van der Waals surface area contributed by atoms with Gasteiger partial charge in [0, 0.05) is 19.5 Å². The van der Waals surface area contributed by atoms with E-state index >= 15 is 0 Å². The Bertz CT molecular complexity index is 250. The lowest BCUT2D eigenvalue weighted by atomic mass is 9.96. The number of amides is 1. The Morgan fingerprint density at radius 2 is 2.06 bits per heavy atom. The summed E-state index contributed by atoms with van der Waals surface area (Å²) in [5.41, 5.74) is 0. The first kappa shape index (κ1) is 13.3. The van der Waals surface area contributed by atoms with Crippen molar-refractivity contribution in [2.24, 2.45) is 11.8 Å². The molecule has 0 unspecified atom stereocenters. The zero-order chi connectivity index (χ0) is 12.3. The van der Waals surface area contributed by atoms with Crippen LogP contribution >= 0.6 is 0 Å². The third-order valence-electron chi connectivity index (χ3n) is 2.82. The number of carbonyl (C=O) groups is 1. The van der Waals surface area contributed by atoms with Crippen LogP contribution in [0.15, 0.2) is 0 Å². The molecule has 0 aromatic carbocycles. The first-order valence-electron chi connectivity index (χ1n) is 5.65. The summed E-state index contributed by atoms with van der Waals surface area (Å²) in [4.78, 5) is 13.0. The number of carbonyl (C=O) groups excluding carboxylic acids is 1. The smallest absolute Gasteiger partial charge is 0.342 e. The highest BCUT2D eigenvalue weighted by Crippen LogP contribution is 2.33. The lowest BCUT2D eigenvalue weighted by molar-refractivity contribution is -0.188. The summed E-state index contributed by atoms with van der Waals surface area (Å²) in [6.07, 6.45) is -3.23. The normalized spacial score (nSPS) is 22.6. The summed E-state index contributed by atoms with van der Waals surface area (Å²) in [5, 5.41) is 0. The maximum atomic E-state index is 12.5. The minimum Gasteiger partial charge on any atom is -0.342 e. The van der Waals surface area contributed by atoms with Crippen LogP contribution in [0.3, 0.4) is 0 Å². The van der Waals surface area contributed by atoms with Crippen molar-refractivity contribution in [3.63, 3.8) is 0 Å². The van der Waals surface area contributed by atoms with Crippen LogP contribution in [0.25, 0.3) is 0 Å². The van der Waals surface area contributed by atoms with Gasteiger partial charge in [-0.2, -0.15) is 13.2 Å². The molecule has 16 heavy (non-hydrogen) atoms. The fourth-order valence-electron chi connectivity index (χ4n) is 1.95. The number of rotatable bonds is 2. The predicted octanol–water partition coefficient (Wildman–Crippen LogP) is 2.83. The molecule has 0 aromatic rings. The van der Waals surface area contributed by atoms with Crippen molar-refractivity contribution in [3.8, 4) is 0 Å². The van der Waals surface area contributed by atoms with E-state index in [1.54, 1.807) is 0 Å². The Morgan fingerprint density at radius 1 is 1.44 bits per heavy atom. The average Bonchev–Trinajstić information content (AvgIpc) is 2.15. The summed E-state index contributed by atoms with van der Waals surface area (Å²) in [6.45, 7) is 4.10. The highest BCUT2D eigenvalue weighted by atomic mass is 19.4. The zero-order valence-electron chi connectivity index (χ0n) is 9.68. The van der Waals surface area contributed by atoms with Gasteiger partial charge in [0.05, 0.1) is 5.92 Å². The van der Waals surface area contributed by atoms with Gasteiger partial charge in [-0.05, 0) is 18.8 Å². The van der Waals surface area contributed by atoms with E-state index in [4.69, 9.17) is 0 Å². The van der Waals surface area contributed by atoms with Crippen LogP contribution < -0.4 is 0 Å². The SMILES string of the molecule is CC(C)CC(=O)N1CCC[C@@H](C(F)(F)F)C1. The molecule has 1 heterocycles. The second-order valence-electron chi connectivity index (χ2n) is 4.82. The van der Waals surface area contributed by atoms with Gasteiger partial charge in [0.2, 0.25) is 5.91 Å². The molecular formula is C11H18F3NO. The van der Waals surface area contributed by atoms with E-state index in [9.17, 15) is 18.0 Å². The van der Waals surface area contributed by atoms with Gasteiger partial charge < -0.3 is 4.90 Å². The van der Waals surface area contributed by atoms with Crippen LogP contribution in [0.5, 0.6) is 0 Å². The molecule has 0 aliphatic carbocycles. The summed E-state index contributed by atoms with van der Waals surface area (Å²) in [6, 6.07) is 0. The van der Waals surface area contributed by atoms with Crippen LogP contribution in [-0.4, -0.2) is 30.1 Å². The number of hydrogen-bond acceptors (Lipinski definition) is 1. The maximum Gasteiger partial charge on any atom is 0.393 e. The van der Waals surface area contributed by atoms with Gasteiger partial charge in [-0.3, -0.25) is 4.79 Å². The van der Waals surface area contributed by atoms with Gasteiger partial charge >= 0.3 is 6.18 Å². The molecule has 0 bridgehead atoms. The lowest BCUT2D eigenvalue weighted by Crippen LogP contribution is -2.44. The van der Waals surface area contributed by atoms with Crippen molar-refractivity contribution in [3.05, 3.63) is 0 Å². The van der Waals surface area contributed by atoms with Gasteiger partial charge in [-0.15, -0.1) is 0 Å². The molecule has 1 amide bonds. The highest BCUT2D eigenvalue weighted by molar-refractivity contribution is 5.76. The van der Waals surface area contributed by atoms with Crippen LogP contribution in [0, 0.1) is 11.8 Å². The zero-order valence-corrected chi connectivity index (χ0v) is 9.68. The number of hydrogen-bond donors (Lipinski definition) is 0. The predicted molar refractivity (Wildman–Crippen MR) is 54.8 cm³/mol. The van der Waals surface area contributed by atoms with Crippen LogP contribution in [-0.2, 0) is 4.79 Å². The Hall–Kier alpha value is -0.740. The van der Waals surface area contributed by atoms with Crippen LogP contribution in [0.1, 0.15) is 33.1 Å². The molecule has 0 saturated carbocycles. The molecule has 1 rings (SSSR count). The Kier molecular flexibility index (Phi) is 4.21.